The Morgan fingerprint density at radius 1 is 1.50 bits per heavy atom. The van der Waals surface area contributed by atoms with Crippen molar-refractivity contribution in [2.24, 2.45) is 0 Å². The molecule has 1 atom stereocenters. The van der Waals surface area contributed by atoms with Crippen LogP contribution in [0.4, 0.5) is 0 Å². The molecule has 1 fully saturated rings. The minimum absolute atomic E-state index is 0.250. The van der Waals surface area contributed by atoms with Crippen LogP contribution in [0.15, 0.2) is 0 Å². The van der Waals surface area contributed by atoms with E-state index in [1.165, 1.54) is 12.8 Å². The lowest BCUT2D eigenvalue weighted by Gasteiger charge is -2.18. The Kier molecular flexibility index (Phi) is 2.30. The van der Waals surface area contributed by atoms with Crippen molar-refractivity contribution < 1.29 is 5.11 Å². The van der Waals surface area contributed by atoms with Crippen molar-refractivity contribution in [3.63, 3.8) is 0 Å². The molecule has 2 nitrogen and oxygen atoms in total. The molecule has 0 aliphatic carbocycles. The van der Waals surface area contributed by atoms with Gasteiger partial charge in [0.2, 0.25) is 0 Å². The molecule has 1 saturated heterocycles. The number of piperidine rings is 1. The average Bonchev–Trinajstić information content (AvgIpc) is 1.90. The zero-order valence-corrected chi connectivity index (χ0v) is 5.01. The third kappa shape index (κ3) is 1.46. The number of hydrogen-bond acceptors (Lipinski definition) is 1. The van der Waals surface area contributed by atoms with Crippen LogP contribution in [0.5, 0.6) is 0 Å². The van der Waals surface area contributed by atoms with Crippen molar-refractivity contribution in [2.45, 2.75) is 25.3 Å². The molecule has 1 aliphatic rings. The maximum absolute atomic E-state index is 8.60. The fraction of sp³-hybridized carbons (Fsp3) is 1.00. The van der Waals surface area contributed by atoms with Crippen LogP contribution in [0.2, 0.25) is 0 Å². The zero-order chi connectivity index (χ0) is 5.82. The van der Waals surface area contributed by atoms with Crippen LogP contribution < -0.4 is 5.32 Å². The summed E-state index contributed by atoms with van der Waals surface area (Å²) in [6.45, 7) is 1.21. The van der Waals surface area contributed by atoms with E-state index in [2.05, 4.69) is 5.32 Å². The molecule has 0 amide bonds. The van der Waals surface area contributed by atoms with Gasteiger partial charge >= 0.3 is 0 Å². The molecule has 1 heterocycles. The van der Waals surface area contributed by atoms with Gasteiger partial charge in [-0.2, -0.15) is 0 Å². The first-order valence-corrected chi connectivity index (χ1v) is 3.21. The van der Waals surface area contributed by atoms with Gasteiger partial charge in [0.25, 0.3) is 0 Å². The fourth-order valence-electron chi connectivity index (χ4n) is 1.01. The maximum atomic E-state index is 8.60. The number of nitrogens with zero attached hydrogens (tertiary/aromatic N) is 1. The molecule has 1 N–H and O–H groups in total. The van der Waals surface area contributed by atoms with Crippen LogP contribution in [0, 0.1) is 0 Å². The molecule has 0 aromatic carbocycles. The Hall–Kier alpha value is -0.0800. The first-order chi connectivity index (χ1) is 3.93. The second kappa shape index (κ2) is 3.05. The minimum Gasteiger partial charge on any atom is -0.395 e. The van der Waals surface area contributed by atoms with Crippen LogP contribution in [-0.4, -0.2) is 24.3 Å². The van der Waals surface area contributed by atoms with Gasteiger partial charge in [-0.1, -0.05) is 6.42 Å². The van der Waals surface area contributed by atoms with Gasteiger partial charge in [0.1, 0.15) is 0 Å². The summed E-state index contributed by atoms with van der Waals surface area (Å²) in [5, 5.41) is 12.8. The lowest BCUT2D eigenvalue weighted by Crippen LogP contribution is -2.30. The van der Waals surface area contributed by atoms with Crippen molar-refractivity contribution in [3.05, 3.63) is 0 Å². The summed E-state index contributed by atoms with van der Waals surface area (Å²) in [5.41, 5.74) is 0. The average molecular weight is 114 g/mol. The Bertz CT molecular complexity index is 59.5. The van der Waals surface area contributed by atoms with E-state index in [4.69, 9.17) is 5.11 Å². The van der Waals surface area contributed by atoms with E-state index >= 15 is 0 Å². The second-order valence-corrected chi connectivity index (χ2v) is 2.24. The van der Waals surface area contributed by atoms with Gasteiger partial charge in [-0.05, 0) is 12.8 Å². The molecule has 0 bridgehead atoms. The highest BCUT2D eigenvalue weighted by Gasteiger charge is 2.10. The second-order valence-electron chi connectivity index (χ2n) is 2.24. The highest BCUT2D eigenvalue weighted by atomic mass is 16.3. The van der Waals surface area contributed by atoms with E-state index in [9.17, 15) is 0 Å². The third-order valence-corrected chi connectivity index (χ3v) is 1.54. The Labute approximate surface area is 49.9 Å². The van der Waals surface area contributed by atoms with Crippen molar-refractivity contribution in [1.29, 1.82) is 0 Å². The standard InChI is InChI=1S/C6H12NO/c8-5-6-3-1-2-4-7-6/h6,8H,1-5H2. The van der Waals surface area contributed by atoms with Crippen LogP contribution in [-0.2, 0) is 0 Å². The number of rotatable bonds is 1. The lowest BCUT2D eigenvalue weighted by molar-refractivity contribution is 0.217. The molecule has 47 valence electrons. The monoisotopic (exact) mass is 114 g/mol. The molecule has 2 heteroatoms. The number of aliphatic hydroxyl groups is 1. The molecule has 1 aliphatic heterocycles. The molecule has 8 heavy (non-hydrogen) atoms. The largest absolute Gasteiger partial charge is 0.395 e. The van der Waals surface area contributed by atoms with Gasteiger partial charge < -0.3 is 5.11 Å². The topological polar surface area (TPSA) is 34.3 Å². The van der Waals surface area contributed by atoms with Gasteiger partial charge in [-0.25, -0.2) is 5.32 Å². The Morgan fingerprint density at radius 3 is 2.75 bits per heavy atom. The third-order valence-electron chi connectivity index (χ3n) is 1.54. The van der Waals surface area contributed by atoms with Crippen molar-refractivity contribution in [1.82, 2.24) is 5.32 Å². The van der Waals surface area contributed by atoms with Gasteiger partial charge in [0.15, 0.2) is 0 Å². The van der Waals surface area contributed by atoms with E-state index in [0.717, 1.165) is 13.0 Å². The number of aliphatic hydroxyl groups excluding tert-OH is 1. The normalized spacial score (nSPS) is 30.4. The molecule has 0 saturated carbocycles. The highest BCUT2D eigenvalue weighted by Crippen LogP contribution is 2.06. The smallest absolute Gasteiger partial charge is 0.0600 e. The molecule has 0 aromatic heterocycles. The quantitative estimate of drug-likeness (QED) is 0.517. The number of hydrogen-bond donors (Lipinski definition) is 1. The highest BCUT2D eigenvalue weighted by molar-refractivity contribution is 4.69. The molecule has 0 spiro atoms. The van der Waals surface area contributed by atoms with Crippen LogP contribution in [0.25, 0.3) is 0 Å². The Balaban J connectivity index is 2.13. The predicted molar refractivity (Wildman–Crippen MR) is 31.7 cm³/mol. The molecule has 0 aromatic rings. The molecule has 1 rings (SSSR count). The molecule has 1 radical (unpaired) electrons. The predicted octanol–water partition coefficient (Wildman–Crippen LogP) is 0.136. The van der Waals surface area contributed by atoms with E-state index in [1.807, 2.05) is 0 Å². The fourth-order valence-corrected chi connectivity index (χ4v) is 1.01. The van der Waals surface area contributed by atoms with Crippen LogP contribution in [0.3, 0.4) is 0 Å². The minimum atomic E-state index is 0.250. The summed E-state index contributed by atoms with van der Waals surface area (Å²) in [6, 6.07) is 0.267. The van der Waals surface area contributed by atoms with Crippen LogP contribution >= 0.6 is 0 Å². The molecular weight excluding hydrogens is 102 g/mol. The van der Waals surface area contributed by atoms with Gasteiger partial charge in [0.05, 0.1) is 6.61 Å². The first-order valence-electron chi connectivity index (χ1n) is 3.21. The summed E-state index contributed by atoms with van der Waals surface area (Å²) in [7, 11) is 0. The van der Waals surface area contributed by atoms with Gasteiger partial charge in [0, 0.05) is 12.6 Å². The summed E-state index contributed by atoms with van der Waals surface area (Å²) in [6.07, 6.45) is 3.56. The lowest BCUT2D eigenvalue weighted by atomic mass is 10.1. The zero-order valence-electron chi connectivity index (χ0n) is 5.01. The first kappa shape index (κ1) is 6.05. The summed E-state index contributed by atoms with van der Waals surface area (Å²) >= 11 is 0. The van der Waals surface area contributed by atoms with Gasteiger partial charge in [-0.3, -0.25) is 0 Å². The van der Waals surface area contributed by atoms with Crippen molar-refractivity contribution in [2.75, 3.05) is 13.2 Å². The van der Waals surface area contributed by atoms with E-state index in [0.29, 0.717) is 0 Å². The molecular formula is C6H12NO. The van der Waals surface area contributed by atoms with Crippen molar-refractivity contribution in [3.8, 4) is 0 Å². The van der Waals surface area contributed by atoms with Gasteiger partial charge in [-0.15, -0.1) is 0 Å². The molecule has 1 unspecified atom stereocenters. The van der Waals surface area contributed by atoms with Crippen molar-refractivity contribution >= 4 is 0 Å². The summed E-state index contributed by atoms with van der Waals surface area (Å²) in [5.74, 6) is 0. The summed E-state index contributed by atoms with van der Waals surface area (Å²) in [4.78, 5) is 0. The van der Waals surface area contributed by atoms with Crippen LogP contribution in [0.1, 0.15) is 19.3 Å². The SMILES string of the molecule is OCC1CCCC[N]1. The van der Waals surface area contributed by atoms with E-state index in [-0.39, 0.29) is 12.6 Å². The Morgan fingerprint density at radius 2 is 2.38 bits per heavy atom. The maximum Gasteiger partial charge on any atom is 0.0600 e. The van der Waals surface area contributed by atoms with E-state index in [1.54, 1.807) is 0 Å². The summed E-state index contributed by atoms with van der Waals surface area (Å²) < 4.78 is 0. The van der Waals surface area contributed by atoms with E-state index < -0.39 is 0 Å².